The second kappa shape index (κ2) is 12.0. The molecule has 1 fully saturated rings. The number of anilines is 2. The molecule has 190 valence electrons. The number of nitrogens with one attached hydrogen (secondary N) is 1. The quantitative estimate of drug-likeness (QED) is 0.304. The number of esters is 1. The van der Waals surface area contributed by atoms with Gasteiger partial charge in [-0.25, -0.2) is 4.79 Å². The lowest BCUT2D eigenvalue weighted by atomic mass is 10.1. The number of amides is 2. The van der Waals surface area contributed by atoms with E-state index in [0.29, 0.717) is 40.0 Å². The van der Waals surface area contributed by atoms with Gasteiger partial charge in [-0.3, -0.25) is 14.5 Å². The van der Waals surface area contributed by atoms with Gasteiger partial charge in [0, 0.05) is 17.3 Å². The van der Waals surface area contributed by atoms with Crippen LogP contribution in [0.4, 0.5) is 11.4 Å². The molecule has 0 saturated carbocycles. The zero-order valence-corrected chi connectivity index (χ0v) is 21.8. The summed E-state index contributed by atoms with van der Waals surface area (Å²) in [6.07, 6.45) is 0.545. The molecular weight excluding hydrogens is 510 g/mol. The number of thiocarbonyl (C=S) groups is 1. The molecule has 4 rings (SSSR count). The third-order valence-electron chi connectivity index (χ3n) is 5.95. The van der Waals surface area contributed by atoms with Crippen LogP contribution in [0.2, 0.25) is 5.02 Å². The summed E-state index contributed by atoms with van der Waals surface area (Å²) in [6, 6.07) is 22.3. The Bertz CT molecular complexity index is 1280. The average molecular weight is 536 g/mol. The van der Waals surface area contributed by atoms with Gasteiger partial charge in [0.15, 0.2) is 5.11 Å². The van der Waals surface area contributed by atoms with E-state index in [-0.39, 0.29) is 24.8 Å². The van der Waals surface area contributed by atoms with E-state index in [1.165, 1.54) is 4.90 Å². The average Bonchev–Trinajstić information content (AvgIpc) is 3.12. The lowest BCUT2D eigenvalue weighted by molar-refractivity contribution is -0.124. The molecule has 0 aliphatic carbocycles. The van der Waals surface area contributed by atoms with E-state index in [1.54, 1.807) is 48.2 Å². The van der Waals surface area contributed by atoms with Gasteiger partial charge in [0.1, 0.15) is 6.04 Å². The maximum Gasteiger partial charge on any atom is 0.338 e. The number of rotatable bonds is 9. The zero-order valence-electron chi connectivity index (χ0n) is 20.2. The van der Waals surface area contributed by atoms with Crippen LogP contribution in [0.1, 0.15) is 29.3 Å². The van der Waals surface area contributed by atoms with Crippen LogP contribution in [0.3, 0.4) is 0 Å². The van der Waals surface area contributed by atoms with Crippen molar-refractivity contribution in [2.24, 2.45) is 0 Å². The molecule has 1 heterocycles. The van der Waals surface area contributed by atoms with E-state index in [9.17, 15) is 14.4 Å². The van der Waals surface area contributed by atoms with Crippen molar-refractivity contribution < 1.29 is 19.1 Å². The van der Waals surface area contributed by atoms with Crippen LogP contribution in [-0.2, 0) is 20.7 Å². The minimum atomic E-state index is -0.770. The van der Waals surface area contributed by atoms with Crippen LogP contribution in [-0.4, -0.2) is 47.0 Å². The van der Waals surface area contributed by atoms with Crippen LogP contribution in [0.15, 0.2) is 78.9 Å². The number of para-hydroxylation sites is 1. The highest BCUT2D eigenvalue weighted by Gasteiger charge is 2.43. The second-order valence-electron chi connectivity index (χ2n) is 8.43. The van der Waals surface area contributed by atoms with Crippen molar-refractivity contribution in [3.05, 3.63) is 95.0 Å². The third-order valence-corrected chi connectivity index (χ3v) is 6.62. The van der Waals surface area contributed by atoms with E-state index >= 15 is 0 Å². The van der Waals surface area contributed by atoms with Crippen molar-refractivity contribution in [2.75, 3.05) is 23.4 Å². The Labute approximate surface area is 226 Å². The van der Waals surface area contributed by atoms with E-state index in [2.05, 4.69) is 5.32 Å². The smallest absolute Gasteiger partial charge is 0.338 e. The summed E-state index contributed by atoms with van der Waals surface area (Å²) in [5, 5.41) is 3.79. The molecule has 2 amide bonds. The normalized spacial score (nSPS) is 15.1. The number of hydrogen-bond acceptors (Lipinski definition) is 5. The Morgan fingerprint density at radius 2 is 1.68 bits per heavy atom. The second-order valence-corrected chi connectivity index (χ2v) is 9.23. The predicted molar refractivity (Wildman–Crippen MR) is 148 cm³/mol. The first-order chi connectivity index (χ1) is 17.9. The summed E-state index contributed by atoms with van der Waals surface area (Å²) in [4.78, 5) is 41.7. The van der Waals surface area contributed by atoms with Crippen molar-refractivity contribution in [1.82, 2.24) is 4.90 Å². The van der Waals surface area contributed by atoms with Gasteiger partial charge >= 0.3 is 5.97 Å². The van der Waals surface area contributed by atoms with Gasteiger partial charge in [-0.2, -0.15) is 0 Å². The molecule has 1 unspecified atom stereocenters. The number of halogens is 1. The lowest BCUT2D eigenvalue weighted by Gasteiger charge is -2.24. The van der Waals surface area contributed by atoms with Crippen LogP contribution < -0.4 is 10.2 Å². The largest absolute Gasteiger partial charge is 0.462 e. The molecule has 37 heavy (non-hydrogen) atoms. The van der Waals surface area contributed by atoms with Gasteiger partial charge in [0.05, 0.1) is 24.3 Å². The topological polar surface area (TPSA) is 78.9 Å². The Balaban J connectivity index is 1.56. The fraction of sp³-hybridized carbons (Fsp3) is 0.214. The molecule has 3 aromatic carbocycles. The molecule has 1 N–H and O–H groups in total. The fourth-order valence-corrected chi connectivity index (χ4v) is 4.64. The van der Waals surface area contributed by atoms with Crippen molar-refractivity contribution in [1.29, 1.82) is 0 Å². The summed E-state index contributed by atoms with van der Waals surface area (Å²) >= 11 is 11.7. The van der Waals surface area contributed by atoms with Gasteiger partial charge in [-0.05, 0) is 79.7 Å². The molecule has 9 heteroatoms. The summed E-state index contributed by atoms with van der Waals surface area (Å²) in [5.74, 6) is -1.03. The molecule has 1 saturated heterocycles. The first-order valence-corrected chi connectivity index (χ1v) is 12.7. The molecule has 1 aliphatic heterocycles. The highest BCUT2D eigenvalue weighted by molar-refractivity contribution is 7.80. The molecule has 0 spiro atoms. The number of carbonyl (C=O) groups excluding carboxylic acids is 3. The van der Waals surface area contributed by atoms with Crippen LogP contribution in [0.5, 0.6) is 0 Å². The third kappa shape index (κ3) is 6.34. The summed E-state index contributed by atoms with van der Waals surface area (Å²) in [7, 11) is 0. The number of nitrogens with zero attached hydrogens (tertiary/aromatic N) is 2. The van der Waals surface area contributed by atoms with Crippen molar-refractivity contribution in [3.63, 3.8) is 0 Å². The Morgan fingerprint density at radius 3 is 2.32 bits per heavy atom. The number of benzene rings is 3. The first-order valence-electron chi connectivity index (χ1n) is 11.9. The predicted octanol–water partition coefficient (Wildman–Crippen LogP) is 5.09. The summed E-state index contributed by atoms with van der Waals surface area (Å²) < 4.78 is 5.04. The maximum atomic E-state index is 13.6. The molecule has 3 aromatic rings. The van der Waals surface area contributed by atoms with Gasteiger partial charge in [-0.1, -0.05) is 41.9 Å². The highest BCUT2D eigenvalue weighted by Crippen LogP contribution is 2.28. The van der Waals surface area contributed by atoms with Crippen LogP contribution in [0, 0.1) is 0 Å². The SMILES string of the molecule is CCOC(=O)c1ccc(N2C(=O)C(CC(=O)Nc3ccccc3)N(CCc3ccc(Cl)cc3)C2=S)cc1. The Hall–Kier alpha value is -3.75. The molecule has 1 atom stereocenters. The van der Waals surface area contributed by atoms with Crippen molar-refractivity contribution >= 4 is 58.1 Å². The monoisotopic (exact) mass is 535 g/mol. The maximum absolute atomic E-state index is 13.6. The minimum absolute atomic E-state index is 0.0636. The molecule has 0 aromatic heterocycles. The van der Waals surface area contributed by atoms with Gasteiger partial charge in [0.25, 0.3) is 5.91 Å². The van der Waals surface area contributed by atoms with Crippen LogP contribution >= 0.6 is 23.8 Å². The zero-order chi connectivity index (χ0) is 26.4. The van der Waals surface area contributed by atoms with E-state index < -0.39 is 12.0 Å². The lowest BCUT2D eigenvalue weighted by Crippen LogP contribution is -2.39. The Kier molecular flexibility index (Phi) is 8.53. The van der Waals surface area contributed by atoms with E-state index in [0.717, 1.165) is 5.56 Å². The van der Waals surface area contributed by atoms with Gasteiger partial charge < -0.3 is 15.0 Å². The molecule has 7 nitrogen and oxygen atoms in total. The molecular formula is C28H26ClN3O4S. The Morgan fingerprint density at radius 1 is 1.00 bits per heavy atom. The van der Waals surface area contributed by atoms with E-state index in [1.807, 2.05) is 42.5 Å². The number of carbonyl (C=O) groups is 3. The van der Waals surface area contributed by atoms with Gasteiger partial charge in [-0.15, -0.1) is 0 Å². The molecule has 0 radical (unpaired) electrons. The summed E-state index contributed by atoms with van der Waals surface area (Å²) in [6.45, 7) is 2.44. The first kappa shape index (κ1) is 26.3. The molecule has 1 aliphatic rings. The van der Waals surface area contributed by atoms with Crippen LogP contribution in [0.25, 0.3) is 0 Å². The summed E-state index contributed by atoms with van der Waals surface area (Å²) in [5.41, 5.74) is 2.58. The van der Waals surface area contributed by atoms with Gasteiger partial charge in [0.2, 0.25) is 5.91 Å². The van der Waals surface area contributed by atoms with Crippen molar-refractivity contribution in [3.8, 4) is 0 Å². The minimum Gasteiger partial charge on any atom is -0.462 e. The fourth-order valence-electron chi connectivity index (χ4n) is 4.10. The number of ether oxygens (including phenoxy) is 1. The molecule has 0 bridgehead atoms. The van der Waals surface area contributed by atoms with E-state index in [4.69, 9.17) is 28.6 Å². The highest BCUT2D eigenvalue weighted by atomic mass is 35.5. The standard InChI is InChI=1S/C28H26ClN3O4S/c1-2-36-27(35)20-10-14-23(15-11-20)32-26(34)24(18-25(33)30-22-6-4-3-5-7-22)31(28(32)37)17-16-19-8-12-21(29)13-9-19/h3-15,24H,2,16-18H2,1H3,(H,30,33). The number of hydrogen-bond donors (Lipinski definition) is 1. The van der Waals surface area contributed by atoms with Crippen molar-refractivity contribution in [2.45, 2.75) is 25.8 Å².